The molecule has 1 saturated heterocycles. The van der Waals surface area contributed by atoms with E-state index in [1.165, 1.54) is 35.3 Å². The van der Waals surface area contributed by atoms with Gasteiger partial charge in [-0.3, -0.25) is 4.55 Å². The van der Waals surface area contributed by atoms with Crippen molar-refractivity contribution in [3.8, 4) is 5.75 Å². The van der Waals surface area contributed by atoms with Gasteiger partial charge < -0.3 is 15.3 Å². The lowest BCUT2D eigenvalue weighted by Crippen LogP contribution is -2.46. The van der Waals surface area contributed by atoms with Crippen molar-refractivity contribution in [2.24, 2.45) is 0 Å². The number of amides is 2. The van der Waals surface area contributed by atoms with Gasteiger partial charge >= 0.3 is 6.03 Å². The molecule has 0 bridgehead atoms. The summed E-state index contributed by atoms with van der Waals surface area (Å²) in [6.45, 7) is 0.857. The molecule has 3 N–H and O–H groups in total. The van der Waals surface area contributed by atoms with Gasteiger partial charge in [0, 0.05) is 18.7 Å². The highest BCUT2D eigenvalue weighted by Crippen LogP contribution is 2.40. The predicted molar refractivity (Wildman–Crippen MR) is 83.5 cm³/mol. The second-order valence-electron chi connectivity index (χ2n) is 5.42. The summed E-state index contributed by atoms with van der Waals surface area (Å²) in [5.41, 5.74) is -0.647. The standard InChI is InChI=1S/C15H16N2O5S/c18-13-4-2-1-3-12(13)15(17-10-9-16-14(17)19)7-5-11(6-8-15)23(20,21)22/h1-8,11,18H,9-10H2,(H,16,19)(H,20,21,22). The summed E-state index contributed by atoms with van der Waals surface area (Å²) in [6.07, 6.45) is 5.66. The zero-order valence-corrected chi connectivity index (χ0v) is 12.9. The smallest absolute Gasteiger partial charge is 0.318 e. The Balaban J connectivity index is 2.13. The molecule has 3 rings (SSSR count). The van der Waals surface area contributed by atoms with Crippen LogP contribution in [0.2, 0.25) is 0 Å². The molecule has 0 unspecified atom stereocenters. The Hall–Kier alpha value is -2.32. The number of carbonyl (C=O) groups excluding carboxylic acids is 1. The maximum atomic E-state index is 12.1. The highest BCUT2D eigenvalue weighted by Gasteiger charge is 2.43. The number of hydrogen-bond donors (Lipinski definition) is 3. The van der Waals surface area contributed by atoms with Gasteiger partial charge in [-0.15, -0.1) is 0 Å². The van der Waals surface area contributed by atoms with Crippen molar-refractivity contribution in [2.45, 2.75) is 10.8 Å². The topological polar surface area (TPSA) is 107 Å². The van der Waals surface area contributed by atoms with E-state index in [0.717, 1.165) is 0 Å². The number of hydrogen-bond acceptors (Lipinski definition) is 4. The molecular weight excluding hydrogens is 320 g/mol. The molecule has 1 aliphatic heterocycles. The Morgan fingerprint density at radius 3 is 2.39 bits per heavy atom. The van der Waals surface area contributed by atoms with Gasteiger partial charge in [-0.05, 0) is 6.07 Å². The number of carbonyl (C=O) groups is 1. The molecule has 23 heavy (non-hydrogen) atoms. The lowest BCUT2D eigenvalue weighted by Gasteiger charge is -2.39. The molecule has 0 spiro atoms. The maximum absolute atomic E-state index is 12.1. The lowest BCUT2D eigenvalue weighted by atomic mass is 9.84. The number of nitrogens with one attached hydrogen (secondary N) is 1. The van der Waals surface area contributed by atoms with Crippen LogP contribution in [0.5, 0.6) is 5.75 Å². The fourth-order valence-electron chi connectivity index (χ4n) is 2.94. The first kappa shape index (κ1) is 15.6. The maximum Gasteiger partial charge on any atom is 0.318 e. The van der Waals surface area contributed by atoms with Crippen molar-refractivity contribution in [3.63, 3.8) is 0 Å². The van der Waals surface area contributed by atoms with Crippen molar-refractivity contribution in [1.82, 2.24) is 10.2 Å². The molecule has 7 nitrogen and oxygen atoms in total. The molecule has 0 aromatic heterocycles. The zero-order chi connectivity index (χ0) is 16.7. The van der Waals surface area contributed by atoms with E-state index in [9.17, 15) is 22.9 Å². The molecule has 0 atom stereocenters. The van der Waals surface area contributed by atoms with Crippen molar-refractivity contribution in [3.05, 3.63) is 54.1 Å². The van der Waals surface area contributed by atoms with E-state index < -0.39 is 20.9 Å². The summed E-state index contributed by atoms with van der Waals surface area (Å²) >= 11 is 0. The van der Waals surface area contributed by atoms with Gasteiger partial charge in [0.2, 0.25) is 0 Å². The number of phenols is 1. The molecule has 1 aromatic rings. The van der Waals surface area contributed by atoms with Gasteiger partial charge in [0.15, 0.2) is 0 Å². The molecule has 2 aliphatic rings. The Bertz CT molecular complexity index is 786. The second-order valence-corrected chi connectivity index (χ2v) is 7.00. The molecule has 0 saturated carbocycles. The van der Waals surface area contributed by atoms with Crippen LogP contribution in [-0.2, 0) is 15.7 Å². The number of nitrogens with zero attached hydrogens (tertiary/aromatic N) is 1. The second kappa shape index (κ2) is 5.39. The SMILES string of the molecule is O=C1NCCN1C1(c2ccccc2O)C=CC(S(=O)(=O)O)C=C1. The number of aromatic hydroxyl groups is 1. The number of para-hydroxylation sites is 1. The molecule has 1 aromatic carbocycles. The van der Waals surface area contributed by atoms with Crippen molar-refractivity contribution < 1.29 is 22.9 Å². The van der Waals surface area contributed by atoms with Gasteiger partial charge in [-0.2, -0.15) is 8.42 Å². The van der Waals surface area contributed by atoms with Crippen LogP contribution in [0.15, 0.2) is 48.6 Å². The molecule has 8 heteroatoms. The minimum Gasteiger partial charge on any atom is -0.508 e. The van der Waals surface area contributed by atoms with Crippen LogP contribution in [0, 0.1) is 0 Å². The summed E-state index contributed by atoms with van der Waals surface area (Å²) in [7, 11) is -4.26. The van der Waals surface area contributed by atoms with Crippen LogP contribution >= 0.6 is 0 Å². The van der Waals surface area contributed by atoms with Gasteiger partial charge in [-0.1, -0.05) is 42.5 Å². The van der Waals surface area contributed by atoms with Crippen molar-refractivity contribution in [2.75, 3.05) is 13.1 Å². The largest absolute Gasteiger partial charge is 0.508 e. The van der Waals surface area contributed by atoms with E-state index in [1.54, 1.807) is 18.2 Å². The summed E-state index contributed by atoms with van der Waals surface area (Å²) in [5, 5.41) is 11.7. The Labute approximate surface area is 133 Å². The van der Waals surface area contributed by atoms with Crippen LogP contribution in [0.25, 0.3) is 0 Å². The van der Waals surface area contributed by atoms with Gasteiger partial charge in [-0.25, -0.2) is 4.79 Å². The first-order valence-corrected chi connectivity index (χ1v) is 8.54. The van der Waals surface area contributed by atoms with Gasteiger partial charge in [0.05, 0.1) is 0 Å². The molecule has 122 valence electrons. The van der Waals surface area contributed by atoms with Crippen molar-refractivity contribution in [1.29, 1.82) is 0 Å². The monoisotopic (exact) mass is 336 g/mol. The summed E-state index contributed by atoms with van der Waals surface area (Å²) in [6, 6.07) is 6.24. The number of phenolic OH excluding ortho intramolecular Hbond substituents is 1. The normalized spacial score (nSPS) is 27.3. The van der Waals surface area contributed by atoms with E-state index in [2.05, 4.69) is 5.32 Å². The number of benzene rings is 1. The summed E-state index contributed by atoms with van der Waals surface area (Å²) in [4.78, 5) is 13.6. The predicted octanol–water partition coefficient (Wildman–Crippen LogP) is 0.995. The Morgan fingerprint density at radius 1 is 1.22 bits per heavy atom. The quantitative estimate of drug-likeness (QED) is 0.564. The average molecular weight is 336 g/mol. The van der Waals surface area contributed by atoms with Gasteiger partial charge in [0.25, 0.3) is 10.1 Å². The minimum absolute atomic E-state index is 0.00759. The van der Waals surface area contributed by atoms with E-state index >= 15 is 0 Å². The van der Waals surface area contributed by atoms with Crippen LogP contribution in [0.4, 0.5) is 4.79 Å². The average Bonchev–Trinajstić information content (AvgIpc) is 2.93. The first-order chi connectivity index (χ1) is 10.8. The highest BCUT2D eigenvalue weighted by molar-refractivity contribution is 7.86. The van der Waals surface area contributed by atoms with Crippen LogP contribution < -0.4 is 5.32 Å². The summed E-state index contributed by atoms with van der Waals surface area (Å²) in [5.74, 6) is -0.00759. The van der Waals surface area contributed by atoms with Gasteiger partial charge in [0.1, 0.15) is 16.5 Å². The lowest BCUT2D eigenvalue weighted by molar-refractivity contribution is 0.186. The minimum atomic E-state index is -4.26. The fourth-order valence-corrected chi connectivity index (χ4v) is 3.50. The number of rotatable bonds is 3. The summed E-state index contributed by atoms with van der Waals surface area (Å²) < 4.78 is 31.8. The Kier molecular flexibility index (Phi) is 3.65. The van der Waals surface area contributed by atoms with Crippen LogP contribution in [-0.4, -0.2) is 47.3 Å². The van der Waals surface area contributed by atoms with Crippen molar-refractivity contribution >= 4 is 16.1 Å². The molecule has 2 amide bonds. The fraction of sp³-hybridized carbons (Fsp3) is 0.267. The molecule has 1 heterocycles. The third-order valence-electron chi connectivity index (χ3n) is 4.06. The Morgan fingerprint density at radius 2 is 1.87 bits per heavy atom. The third kappa shape index (κ3) is 2.60. The van der Waals surface area contributed by atoms with Crippen LogP contribution in [0.1, 0.15) is 5.56 Å². The molecule has 1 fully saturated rings. The zero-order valence-electron chi connectivity index (χ0n) is 12.1. The first-order valence-electron chi connectivity index (χ1n) is 7.03. The third-order valence-corrected chi connectivity index (χ3v) is 5.07. The van der Waals surface area contributed by atoms with Crippen LogP contribution in [0.3, 0.4) is 0 Å². The van der Waals surface area contributed by atoms with E-state index in [4.69, 9.17) is 0 Å². The molecule has 0 radical (unpaired) electrons. The highest BCUT2D eigenvalue weighted by atomic mass is 32.2. The molecule has 1 aliphatic carbocycles. The van der Waals surface area contributed by atoms with E-state index in [1.807, 2.05) is 0 Å². The number of urea groups is 1. The van der Waals surface area contributed by atoms with E-state index in [-0.39, 0.29) is 11.8 Å². The van der Waals surface area contributed by atoms with E-state index in [0.29, 0.717) is 18.7 Å². The molecular formula is C15H16N2O5S.